The maximum atomic E-state index is 11.9. The number of unbranched alkanes of at least 4 members (excludes halogenated alkanes) is 1. The number of amides is 1. The Hall–Kier alpha value is -1.32. The molecule has 16 heavy (non-hydrogen) atoms. The maximum Gasteiger partial charge on any atom is 0.304 e. The SMILES string of the molecule is CCCCC(=O)N(CCC)c1nc(C)co1. The fraction of sp³-hybridized carbons (Fsp3) is 0.667. The van der Waals surface area contributed by atoms with E-state index >= 15 is 0 Å². The third kappa shape index (κ3) is 3.36. The Morgan fingerprint density at radius 2 is 2.19 bits per heavy atom. The summed E-state index contributed by atoms with van der Waals surface area (Å²) < 4.78 is 5.27. The van der Waals surface area contributed by atoms with Crippen LogP contribution < -0.4 is 4.90 Å². The van der Waals surface area contributed by atoms with Crippen molar-refractivity contribution in [1.82, 2.24) is 4.98 Å². The van der Waals surface area contributed by atoms with Gasteiger partial charge in [0.25, 0.3) is 0 Å². The lowest BCUT2D eigenvalue weighted by molar-refractivity contribution is -0.118. The van der Waals surface area contributed by atoms with Crippen LogP contribution in [0.25, 0.3) is 0 Å². The molecule has 0 saturated heterocycles. The number of aromatic nitrogens is 1. The van der Waals surface area contributed by atoms with E-state index in [4.69, 9.17) is 4.42 Å². The Balaban J connectivity index is 2.70. The number of carbonyl (C=O) groups excluding carboxylic acids is 1. The van der Waals surface area contributed by atoms with Crippen molar-refractivity contribution in [3.05, 3.63) is 12.0 Å². The number of nitrogens with zero attached hydrogens (tertiary/aromatic N) is 2. The van der Waals surface area contributed by atoms with Gasteiger partial charge in [0.15, 0.2) is 0 Å². The normalized spacial score (nSPS) is 10.4. The number of rotatable bonds is 6. The molecule has 0 aromatic carbocycles. The summed E-state index contributed by atoms with van der Waals surface area (Å²) in [6.45, 7) is 6.64. The van der Waals surface area contributed by atoms with Crippen LogP contribution >= 0.6 is 0 Å². The molecule has 0 radical (unpaired) electrons. The summed E-state index contributed by atoms with van der Waals surface area (Å²) in [4.78, 5) is 17.8. The van der Waals surface area contributed by atoms with E-state index in [-0.39, 0.29) is 5.91 Å². The van der Waals surface area contributed by atoms with Crippen molar-refractivity contribution in [3.63, 3.8) is 0 Å². The highest BCUT2D eigenvalue weighted by molar-refractivity contribution is 5.91. The lowest BCUT2D eigenvalue weighted by Crippen LogP contribution is -2.31. The van der Waals surface area contributed by atoms with Crippen molar-refractivity contribution >= 4 is 11.9 Å². The van der Waals surface area contributed by atoms with Gasteiger partial charge in [-0.3, -0.25) is 9.69 Å². The molecule has 0 spiro atoms. The smallest absolute Gasteiger partial charge is 0.304 e. The minimum atomic E-state index is 0.102. The van der Waals surface area contributed by atoms with Gasteiger partial charge in [0.2, 0.25) is 5.91 Å². The molecule has 1 amide bonds. The Labute approximate surface area is 96.7 Å². The average molecular weight is 224 g/mol. The molecule has 4 heteroatoms. The molecule has 4 nitrogen and oxygen atoms in total. The van der Waals surface area contributed by atoms with Crippen LogP contribution in [-0.4, -0.2) is 17.4 Å². The van der Waals surface area contributed by atoms with E-state index < -0.39 is 0 Å². The first-order chi connectivity index (χ1) is 7.69. The molecule has 90 valence electrons. The predicted molar refractivity (Wildman–Crippen MR) is 63.4 cm³/mol. The monoisotopic (exact) mass is 224 g/mol. The van der Waals surface area contributed by atoms with Gasteiger partial charge in [-0.15, -0.1) is 0 Å². The summed E-state index contributed by atoms with van der Waals surface area (Å²) in [5.74, 6) is 0.102. The van der Waals surface area contributed by atoms with E-state index in [9.17, 15) is 4.79 Å². The van der Waals surface area contributed by atoms with Gasteiger partial charge in [-0.05, 0) is 19.8 Å². The van der Waals surface area contributed by atoms with Crippen LogP contribution in [0, 0.1) is 6.92 Å². The highest BCUT2D eigenvalue weighted by Gasteiger charge is 2.18. The number of hydrogen-bond acceptors (Lipinski definition) is 3. The molecule has 0 fully saturated rings. The minimum absolute atomic E-state index is 0.102. The molecule has 0 N–H and O–H groups in total. The quantitative estimate of drug-likeness (QED) is 0.746. The van der Waals surface area contributed by atoms with Crippen LogP contribution in [0.15, 0.2) is 10.7 Å². The van der Waals surface area contributed by atoms with Gasteiger partial charge in [-0.25, -0.2) is 0 Å². The summed E-state index contributed by atoms with van der Waals surface area (Å²) >= 11 is 0. The lowest BCUT2D eigenvalue weighted by atomic mass is 10.2. The van der Waals surface area contributed by atoms with Crippen LogP contribution in [0.5, 0.6) is 0 Å². The van der Waals surface area contributed by atoms with Crippen molar-refractivity contribution in [2.24, 2.45) is 0 Å². The molecule has 1 aromatic heterocycles. The van der Waals surface area contributed by atoms with Crippen molar-refractivity contribution in [2.75, 3.05) is 11.4 Å². The van der Waals surface area contributed by atoms with E-state index in [1.54, 1.807) is 11.2 Å². The maximum absolute atomic E-state index is 11.9. The second-order valence-electron chi connectivity index (χ2n) is 3.92. The second kappa shape index (κ2) is 6.30. The Bertz CT molecular complexity index is 334. The molecule has 0 aliphatic rings. The molecule has 0 aliphatic heterocycles. The molecular weight excluding hydrogens is 204 g/mol. The lowest BCUT2D eigenvalue weighted by Gasteiger charge is -2.17. The van der Waals surface area contributed by atoms with E-state index in [2.05, 4.69) is 11.9 Å². The summed E-state index contributed by atoms with van der Waals surface area (Å²) in [5, 5.41) is 0. The van der Waals surface area contributed by atoms with E-state index in [1.165, 1.54) is 0 Å². The topological polar surface area (TPSA) is 46.3 Å². The first kappa shape index (κ1) is 12.7. The van der Waals surface area contributed by atoms with Gasteiger partial charge in [0.05, 0.1) is 5.69 Å². The van der Waals surface area contributed by atoms with Gasteiger partial charge < -0.3 is 4.42 Å². The first-order valence-electron chi connectivity index (χ1n) is 5.91. The molecule has 0 unspecified atom stereocenters. The van der Waals surface area contributed by atoms with E-state index in [0.717, 1.165) is 25.0 Å². The molecule has 1 aromatic rings. The summed E-state index contributed by atoms with van der Waals surface area (Å²) in [6.07, 6.45) is 4.98. The Morgan fingerprint density at radius 1 is 1.44 bits per heavy atom. The third-order valence-corrected chi connectivity index (χ3v) is 2.33. The highest BCUT2D eigenvalue weighted by atomic mass is 16.4. The van der Waals surface area contributed by atoms with Gasteiger partial charge in [0, 0.05) is 13.0 Å². The number of oxazole rings is 1. The van der Waals surface area contributed by atoms with Crippen LogP contribution in [-0.2, 0) is 4.79 Å². The molecule has 0 saturated carbocycles. The zero-order valence-electron chi connectivity index (χ0n) is 10.3. The number of hydrogen-bond donors (Lipinski definition) is 0. The third-order valence-electron chi connectivity index (χ3n) is 2.33. The fourth-order valence-electron chi connectivity index (χ4n) is 1.48. The summed E-state index contributed by atoms with van der Waals surface area (Å²) in [5.41, 5.74) is 0.805. The van der Waals surface area contributed by atoms with Crippen LogP contribution in [0.1, 0.15) is 45.2 Å². The minimum Gasteiger partial charge on any atom is -0.431 e. The largest absolute Gasteiger partial charge is 0.431 e. The summed E-state index contributed by atoms with van der Waals surface area (Å²) in [7, 11) is 0. The molecule has 0 atom stereocenters. The Morgan fingerprint density at radius 3 is 2.69 bits per heavy atom. The zero-order valence-corrected chi connectivity index (χ0v) is 10.3. The fourth-order valence-corrected chi connectivity index (χ4v) is 1.48. The highest BCUT2D eigenvalue weighted by Crippen LogP contribution is 2.15. The number of anilines is 1. The predicted octanol–water partition coefficient (Wildman–Crippen LogP) is 2.92. The van der Waals surface area contributed by atoms with Crippen molar-refractivity contribution < 1.29 is 9.21 Å². The number of carbonyl (C=O) groups is 1. The molecule has 1 rings (SSSR count). The van der Waals surface area contributed by atoms with E-state index in [1.807, 2.05) is 13.8 Å². The number of aryl methyl sites for hydroxylation is 1. The van der Waals surface area contributed by atoms with Crippen molar-refractivity contribution in [3.8, 4) is 0 Å². The average Bonchev–Trinajstić information content (AvgIpc) is 2.69. The molecule has 1 heterocycles. The van der Waals surface area contributed by atoms with Crippen molar-refractivity contribution in [2.45, 2.75) is 46.5 Å². The molecular formula is C12H20N2O2. The van der Waals surface area contributed by atoms with Gasteiger partial charge in [-0.1, -0.05) is 20.3 Å². The van der Waals surface area contributed by atoms with Crippen LogP contribution in [0.2, 0.25) is 0 Å². The first-order valence-corrected chi connectivity index (χ1v) is 5.91. The second-order valence-corrected chi connectivity index (χ2v) is 3.92. The van der Waals surface area contributed by atoms with Gasteiger partial charge >= 0.3 is 6.01 Å². The Kier molecular flexibility index (Phi) is 5.02. The zero-order chi connectivity index (χ0) is 12.0. The van der Waals surface area contributed by atoms with Gasteiger partial charge in [0.1, 0.15) is 6.26 Å². The summed E-state index contributed by atoms with van der Waals surface area (Å²) in [6, 6.07) is 0.431. The van der Waals surface area contributed by atoms with Crippen molar-refractivity contribution in [1.29, 1.82) is 0 Å². The molecule has 0 aliphatic carbocycles. The van der Waals surface area contributed by atoms with Crippen LogP contribution in [0.3, 0.4) is 0 Å². The van der Waals surface area contributed by atoms with Crippen LogP contribution in [0.4, 0.5) is 6.01 Å². The van der Waals surface area contributed by atoms with Gasteiger partial charge in [-0.2, -0.15) is 4.98 Å². The van der Waals surface area contributed by atoms with E-state index in [0.29, 0.717) is 19.0 Å². The standard InChI is InChI=1S/C12H20N2O2/c1-4-6-7-11(15)14(8-5-2)12-13-10(3)9-16-12/h9H,4-8H2,1-3H3. The molecule has 0 bridgehead atoms.